The molecule has 0 bridgehead atoms. The molecule has 2 nitrogen and oxygen atoms in total. The van der Waals surface area contributed by atoms with Gasteiger partial charge >= 0.3 is 0 Å². The van der Waals surface area contributed by atoms with Crippen LogP contribution in [0.3, 0.4) is 0 Å². The van der Waals surface area contributed by atoms with Gasteiger partial charge in [0.05, 0.1) is 0 Å². The van der Waals surface area contributed by atoms with Gasteiger partial charge in [-0.05, 0) is 12.8 Å². The summed E-state index contributed by atoms with van der Waals surface area (Å²) < 4.78 is 0. The van der Waals surface area contributed by atoms with E-state index in [1.54, 1.807) is 0 Å². The summed E-state index contributed by atoms with van der Waals surface area (Å²) in [6.07, 6.45) is 3.08. The van der Waals surface area contributed by atoms with Crippen LogP contribution >= 0.6 is 9.39 Å². The van der Waals surface area contributed by atoms with Crippen LogP contribution < -0.4 is 5.09 Å². The Morgan fingerprint density at radius 1 is 1.62 bits per heavy atom. The second kappa shape index (κ2) is 2.56. The fourth-order valence-corrected chi connectivity index (χ4v) is 1.18. The van der Waals surface area contributed by atoms with Gasteiger partial charge < -0.3 is 4.79 Å². The largest absolute Gasteiger partial charge is 0.303 e. The standard InChI is InChI=1S/C5H10NOP/c7-3-4-1-5(2-4)6-8/h3-6H,1-2,8H2. The molecule has 1 atom stereocenters. The lowest BCUT2D eigenvalue weighted by atomic mass is 9.82. The minimum absolute atomic E-state index is 0.341. The molecule has 1 aliphatic carbocycles. The summed E-state index contributed by atoms with van der Waals surface area (Å²) in [7, 11) is 2.46. The predicted molar refractivity (Wildman–Crippen MR) is 35.4 cm³/mol. The molecule has 3 heteroatoms. The first-order chi connectivity index (χ1) is 3.86. The minimum atomic E-state index is 0.341. The van der Waals surface area contributed by atoms with Gasteiger partial charge in [0.15, 0.2) is 0 Å². The predicted octanol–water partition coefficient (Wildman–Crippen LogP) is 0.344. The zero-order valence-corrected chi connectivity index (χ0v) is 5.79. The van der Waals surface area contributed by atoms with Gasteiger partial charge in [-0.1, -0.05) is 9.39 Å². The molecule has 46 valence electrons. The number of carbonyl (C=O) groups excluding carboxylic acids is 1. The molecule has 0 aromatic heterocycles. The summed E-state index contributed by atoms with van der Waals surface area (Å²) >= 11 is 0. The van der Waals surface area contributed by atoms with E-state index in [1.807, 2.05) is 0 Å². The summed E-state index contributed by atoms with van der Waals surface area (Å²) in [5, 5.41) is 3.02. The SMILES string of the molecule is O=CC1CC(NP)C1. The maximum Gasteiger partial charge on any atom is 0.123 e. The Hall–Kier alpha value is 0.0600. The van der Waals surface area contributed by atoms with Crippen LogP contribution in [0.1, 0.15) is 12.8 Å². The average Bonchev–Trinajstić information content (AvgIpc) is 1.65. The first kappa shape index (κ1) is 6.18. The van der Waals surface area contributed by atoms with Crippen molar-refractivity contribution < 1.29 is 4.79 Å². The van der Waals surface area contributed by atoms with Gasteiger partial charge in [-0.25, -0.2) is 0 Å². The van der Waals surface area contributed by atoms with E-state index < -0.39 is 0 Å². The number of carbonyl (C=O) groups is 1. The Balaban J connectivity index is 2.11. The lowest BCUT2D eigenvalue weighted by Crippen LogP contribution is -2.36. The fourth-order valence-electron chi connectivity index (χ4n) is 0.909. The molecule has 0 saturated heterocycles. The van der Waals surface area contributed by atoms with Gasteiger partial charge in [-0.15, -0.1) is 0 Å². The molecule has 0 aromatic rings. The Kier molecular flexibility index (Phi) is 1.98. The number of aldehydes is 1. The molecule has 0 amide bonds. The van der Waals surface area contributed by atoms with Crippen LogP contribution in [0.4, 0.5) is 0 Å². The molecular formula is C5H10NOP. The monoisotopic (exact) mass is 131 g/mol. The van der Waals surface area contributed by atoms with Crippen LogP contribution in [0.15, 0.2) is 0 Å². The van der Waals surface area contributed by atoms with E-state index in [2.05, 4.69) is 14.5 Å². The summed E-state index contributed by atoms with van der Waals surface area (Å²) in [6.45, 7) is 0. The van der Waals surface area contributed by atoms with E-state index in [-0.39, 0.29) is 0 Å². The zero-order chi connectivity index (χ0) is 5.98. The molecule has 0 spiro atoms. The van der Waals surface area contributed by atoms with Gasteiger partial charge in [-0.3, -0.25) is 5.09 Å². The second-order valence-electron chi connectivity index (χ2n) is 2.23. The summed E-state index contributed by atoms with van der Waals surface area (Å²) in [5.41, 5.74) is 0. The normalized spacial score (nSPS) is 36.1. The minimum Gasteiger partial charge on any atom is -0.303 e. The van der Waals surface area contributed by atoms with Crippen molar-refractivity contribution in [3.63, 3.8) is 0 Å². The molecule has 1 aliphatic rings. The van der Waals surface area contributed by atoms with Crippen molar-refractivity contribution in [1.29, 1.82) is 0 Å². The van der Waals surface area contributed by atoms with Crippen molar-refractivity contribution in [3.8, 4) is 0 Å². The van der Waals surface area contributed by atoms with Gasteiger partial charge in [0.25, 0.3) is 0 Å². The van der Waals surface area contributed by atoms with Gasteiger partial charge in [0.1, 0.15) is 6.29 Å². The lowest BCUT2D eigenvalue weighted by molar-refractivity contribution is -0.113. The summed E-state index contributed by atoms with van der Waals surface area (Å²) in [6, 6.07) is 0.579. The maximum absolute atomic E-state index is 10.0. The van der Waals surface area contributed by atoms with Crippen LogP contribution in [0, 0.1) is 5.92 Å². The van der Waals surface area contributed by atoms with Crippen molar-refractivity contribution in [2.45, 2.75) is 18.9 Å². The highest BCUT2D eigenvalue weighted by Gasteiger charge is 2.26. The van der Waals surface area contributed by atoms with Crippen molar-refractivity contribution >= 4 is 15.7 Å². The number of hydrogen-bond donors (Lipinski definition) is 1. The van der Waals surface area contributed by atoms with Crippen molar-refractivity contribution in [2.24, 2.45) is 5.92 Å². The molecular weight excluding hydrogens is 121 g/mol. The van der Waals surface area contributed by atoms with E-state index in [0.717, 1.165) is 19.1 Å². The molecule has 0 aliphatic heterocycles. The Morgan fingerprint density at radius 3 is 2.62 bits per heavy atom. The molecule has 1 unspecified atom stereocenters. The van der Waals surface area contributed by atoms with E-state index in [1.165, 1.54) is 0 Å². The van der Waals surface area contributed by atoms with E-state index in [0.29, 0.717) is 12.0 Å². The quantitative estimate of drug-likeness (QED) is 0.432. The Labute approximate surface area is 51.3 Å². The highest BCUT2D eigenvalue weighted by Crippen LogP contribution is 2.25. The highest BCUT2D eigenvalue weighted by molar-refractivity contribution is 7.13. The Bertz CT molecular complexity index is 90.4. The molecule has 0 radical (unpaired) electrons. The number of nitrogens with one attached hydrogen (secondary N) is 1. The average molecular weight is 131 g/mol. The topological polar surface area (TPSA) is 29.1 Å². The Morgan fingerprint density at radius 2 is 2.25 bits per heavy atom. The van der Waals surface area contributed by atoms with E-state index in [4.69, 9.17) is 0 Å². The fraction of sp³-hybridized carbons (Fsp3) is 0.800. The molecule has 8 heavy (non-hydrogen) atoms. The van der Waals surface area contributed by atoms with E-state index >= 15 is 0 Å². The molecule has 1 saturated carbocycles. The lowest BCUT2D eigenvalue weighted by Gasteiger charge is -2.30. The van der Waals surface area contributed by atoms with Crippen molar-refractivity contribution in [2.75, 3.05) is 0 Å². The van der Waals surface area contributed by atoms with Crippen LogP contribution in [-0.2, 0) is 4.79 Å². The smallest absolute Gasteiger partial charge is 0.123 e. The molecule has 0 aromatic carbocycles. The van der Waals surface area contributed by atoms with E-state index in [9.17, 15) is 4.79 Å². The van der Waals surface area contributed by atoms with Crippen LogP contribution in [-0.4, -0.2) is 12.3 Å². The third-order valence-corrected chi connectivity index (χ3v) is 2.07. The third kappa shape index (κ3) is 1.07. The molecule has 1 rings (SSSR count). The summed E-state index contributed by atoms with van der Waals surface area (Å²) in [4.78, 5) is 10.0. The highest BCUT2D eigenvalue weighted by atomic mass is 31.0. The van der Waals surface area contributed by atoms with Crippen LogP contribution in [0.2, 0.25) is 0 Å². The van der Waals surface area contributed by atoms with Crippen molar-refractivity contribution in [3.05, 3.63) is 0 Å². The zero-order valence-electron chi connectivity index (χ0n) is 4.63. The molecule has 1 fully saturated rings. The molecule has 1 N–H and O–H groups in total. The van der Waals surface area contributed by atoms with Gasteiger partial charge in [0.2, 0.25) is 0 Å². The first-order valence-electron chi connectivity index (χ1n) is 2.78. The van der Waals surface area contributed by atoms with Gasteiger partial charge in [-0.2, -0.15) is 0 Å². The van der Waals surface area contributed by atoms with Gasteiger partial charge in [0, 0.05) is 12.0 Å². The maximum atomic E-state index is 10.0. The number of rotatable bonds is 2. The first-order valence-corrected chi connectivity index (χ1v) is 3.36. The third-order valence-electron chi connectivity index (χ3n) is 1.60. The van der Waals surface area contributed by atoms with Crippen molar-refractivity contribution in [1.82, 2.24) is 5.09 Å². The second-order valence-corrected chi connectivity index (χ2v) is 2.56. The molecule has 0 heterocycles. The van der Waals surface area contributed by atoms with Crippen LogP contribution in [0.5, 0.6) is 0 Å². The number of hydrogen-bond acceptors (Lipinski definition) is 2. The summed E-state index contributed by atoms with van der Waals surface area (Å²) in [5.74, 6) is 0.341. The van der Waals surface area contributed by atoms with Crippen LogP contribution in [0.25, 0.3) is 0 Å².